The first-order chi connectivity index (χ1) is 21.0. The minimum Gasteiger partial charge on any atom is -0.466 e. The number of nitriles is 1. The molecule has 1 aromatic carbocycles. The maximum absolute atomic E-state index is 13.4. The molecule has 0 spiro atoms. The first kappa shape index (κ1) is 35.0. The maximum atomic E-state index is 13.4. The van der Waals surface area contributed by atoms with Gasteiger partial charge in [0.05, 0.1) is 19.1 Å². The topological polar surface area (TPSA) is 281 Å². The number of hydrogen-bond acceptors (Lipinski definition) is 9. The van der Waals surface area contributed by atoms with E-state index in [1.54, 1.807) is 13.1 Å². The summed E-state index contributed by atoms with van der Waals surface area (Å²) < 4.78 is 4.72. The van der Waals surface area contributed by atoms with Crippen molar-refractivity contribution in [1.29, 1.82) is 5.26 Å². The number of fused-ring (bicyclic) bond motifs is 1. The molecule has 16 heteroatoms. The Morgan fingerprint density at radius 2 is 1.64 bits per heavy atom. The van der Waals surface area contributed by atoms with Gasteiger partial charge in [-0.05, 0) is 37.8 Å². The predicted molar refractivity (Wildman–Crippen MR) is 159 cm³/mol. The molecule has 0 saturated carbocycles. The molecule has 44 heavy (non-hydrogen) atoms. The highest BCUT2D eigenvalue weighted by atomic mass is 16.5. The summed E-state index contributed by atoms with van der Waals surface area (Å²) in [5, 5.41) is 27.4. The maximum Gasteiger partial charge on any atom is 0.308 e. The van der Waals surface area contributed by atoms with E-state index in [0.29, 0.717) is 0 Å². The van der Waals surface area contributed by atoms with Crippen LogP contribution in [0.25, 0.3) is 10.9 Å². The fourth-order valence-electron chi connectivity index (χ4n) is 4.28. The van der Waals surface area contributed by atoms with Crippen molar-refractivity contribution >= 4 is 46.5 Å². The van der Waals surface area contributed by atoms with Crippen LogP contribution in [-0.2, 0) is 35.1 Å². The Balaban J connectivity index is 2.21. The molecule has 0 bridgehead atoms. The van der Waals surface area contributed by atoms with Crippen molar-refractivity contribution in [2.75, 3.05) is 13.2 Å². The number of H-pyrrole nitrogens is 1. The summed E-state index contributed by atoms with van der Waals surface area (Å²) in [5.74, 6) is -4.41. The largest absolute Gasteiger partial charge is 0.466 e. The Kier molecular flexibility index (Phi) is 14.1. The zero-order valence-electron chi connectivity index (χ0n) is 24.4. The van der Waals surface area contributed by atoms with E-state index in [1.807, 2.05) is 30.3 Å². The zero-order chi connectivity index (χ0) is 32.6. The Hall–Kier alpha value is -5.17. The SMILES string of the molecule is CCOC(=O)C[C@H](O)C(=O)N[C@@H](CCC#N)C(=O)N[C@@H](CCCN=C(N)N)C(=O)N[C@@H](Cc1c[nH]c2ccccc12)C(N)=O. The van der Waals surface area contributed by atoms with Crippen LogP contribution < -0.4 is 33.2 Å². The van der Waals surface area contributed by atoms with E-state index >= 15 is 0 Å². The highest BCUT2D eigenvalue weighted by Crippen LogP contribution is 2.19. The number of guanidine groups is 1. The van der Waals surface area contributed by atoms with Crippen molar-refractivity contribution < 1.29 is 33.8 Å². The highest BCUT2D eigenvalue weighted by molar-refractivity contribution is 5.95. The molecule has 1 heterocycles. The summed E-state index contributed by atoms with van der Waals surface area (Å²) in [6.45, 7) is 1.74. The first-order valence-corrected chi connectivity index (χ1v) is 14.0. The number of carbonyl (C=O) groups excluding carboxylic acids is 5. The number of esters is 1. The smallest absolute Gasteiger partial charge is 0.308 e. The Labute approximate surface area is 253 Å². The van der Waals surface area contributed by atoms with Crippen molar-refractivity contribution in [1.82, 2.24) is 20.9 Å². The quantitative estimate of drug-likeness (QED) is 0.0409. The molecular weight excluding hydrogens is 574 g/mol. The second-order valence-electron chi connectivity index (χ2n) is 9.82. The predicted octanol–water partition coefficient (Wildman–Crippen LogP) is -1.68. The van der Waals surface area contributed by atoms with Crippen molar-refractivity contribution in [2.24, 2.45) is 22.2 Å². The average molecular weight is 614 g/mol. The van der Waals surface area contributed by atoms with Crippen LogP contribution in [0.4, 0.5) is 0 Å². The van der Waals surface area contributed by atoms with Gasteiger partial charge in [0.1, 0.15) is 24.2 Å². The standard InChI is InChI=1S/C28H39N9O7/c1-2-44-23(39)14-22(38)27(43)36-19(9-5-11-29)25(41)35-20(10-6-12-33-28(31)32)26(42)37-21(24(30)40)13-16-15-34-18-8-4-3-7-17(16)18/h3-4,7-8,15,19-22,34,38H,2,5-6,9-10,12-14H2,1H3,(H2,30,40)(H,35,41)(H,36,43)(H,37,42)(H4,31,32,33)/t19-,20-,21-,22-/m0/s1. The van der Waals surface area contributed by atoms with Crippen LogP contribution in [0.5, 0.6) is 0 Å². The number of amides is 4. The number of primary amides is 1. The molecule has 1 aromatic heterocycles. The molecule has 16 nitrogen and oxygen atoms in total. The van der Waals surface area contributed by atoms with Gasteiger partial charge in [0.15, 0.2) is 5.96 Å². The Morgan fingerprint density at radius 1 is 1.00 bits per heavy atom. The van der Waals surface area contributed by atoms with E-state index in [0.717, 1.165) is 16.5 Å². The van der Waals surface area contributed by atoms with Gasteiger partial charge in [-0.25, -0.2) is 0 Å². The normalized spacial score (nSPS) is 13.4. The number of aliphatic imine (C=N–C) groups is 1. The third-order valence-corrected chi connectivity index (χ3v) is 6.48. The van der Waals surface area contributed by atoms with E-state index in [-0.39, 0.29) is 51.2 Å². The number of carbonyl (C=O) groups is 5. The number of aromatic amines is 1. The van der Waals surface area contributed by atoms with E-state index < -0.39 is 60.2 Å². The van der Waals surface area contributed by atoms with Crippen LogP contribution in [0.15, 0.2) is 35.5 Å². The van der Waals surface area contributed by atoms with Gasteiger partial charge in [-0.15, -0.1) is 0 Å². The zero-order valence-corrected chi connectivity index (χ0v) is 24.4. The molecule has 0 fully saturated rings. The monoisotopic (exact) mass is 613 g/mol. The van der Waals surface area contributed by atoms with Gasteiger partial charge in [0, 0.05) is 36.5 Å². The summed E-state index contributed by atoms with van der Waals surface area (Å²) >= 11 is 0. The molecule has 0 aliphatic heterocycles. The Bertz CT molecular complexity index is 1380. The Morgan fingerprint density at radius 3 is 2.27 bits per heavy atom. The molecule has 11 N–H and O–H groups in total. The van der Waals surface area contributed by atoms with Crippen LogP contribution in [0.3, 0.4) is 0 Å². The summed E-state index contributed by atoms with van der Waals surface area (Å²) in [6, 6.07) is 5.55. The fourth-order valence-corrected chi connectivity index (χ4v) is 4.28. The third kappa shape index (κ3) is 11.2. The molecule has 0 aliphatic carbocycles. The number of aliphatic hydroxyl groups is 1. The van der Waals surface area contributed by atoms with E-state index in [1.165, 1.54) is 0 Å². The molecule has 2 aromatic rings. The van der Waals surface area contributed by atoms with Crippen molar-refractivity contribution in [3.8, 4) is 6.07 Å². The molecule has 2 rings (SSSR count). The number of hydrogen-bond donors (Lipinski definition) is 8. The molecule has 0 aliphatic rings. The van der Waals surface area contributed by atoms with Gasteiger partial charge >= 0.3 is 5.97 Å². The van der Waals surface area contributed by atoms with Crippen molar-refractivity contribution in [3.05, 3.63) is 36.0 Å². The van der Waals surface area contributed by atoms with Crippen molar-refractivity contribution in [2.45, 2.75) is 69.7 Å². The number of nitrogens with two attached hydrogens (primary N) is 3. The number of aliphatic hydroxyl groups excluding tert-OH is 1. The van der Waals surface area contributed by atoms with E-state index in [9.17, 15) is 29.1 Å². The number of ether oxygens (including phenoxy) is 1. The number of nitrogens with one attached hydrogen (secondary N) is 4. The van der Waals surface area contributed by atoms with Crippen LogP contribution in [-0.4, -0.2) is 83.0 Å². The number of benzene rings is 1. The fraction of sp³-hybridized carbons (Fsp3) is 0.464. The van der Waals surface area contributed by atoms with Crippen LogP contribution in [0.2, 0.25) is 0 Å². The minimum atomic E-state index is -1.81. The van der Waals surface area contributed by atoms with Gasteiger partial charge in [-0.2, -0.15) is 5.26 Å². The molecule has 0 unspecified atom stereocenters. The lowest BCUT2D eigenvalue weighted by Crippen LogP contribution is -2.57. The lowest BCUT2D eigenvalue weighted by molar-refractivity contribution is -0.149. The van der Waals surface area contributed by atoms with E-state index in [2.05, 4.69) is 25.9 Å². The van der Waals surface area contributed by atoms with Crippen LogP contribution >= 0.6 is 0 Å². The highest BCUT2D eigenvalue weighted by Gasteiger charge is 2.31. The van der Waals surface area contributed by atoms with Crippen molar-refractivity contribution in [3.63, 3.8) is 0 Å². The van der Waals surface area contributed by atoms with Gasteiger partial charge in [-0.1, -0.05) is 18.2 Å². The number of para-hydroxylation sites is 1. The minimum absolute atomic E-state index is 0.0251. The molecule has 4 atom stereocenters. The first-order valence-electron chi connectivity index (χ1n) is 14.0. The van der Waals surface area contributed by atoms with E-state index in [4.69, 9.17) is 27.2 Å². The number of nitrogens with zero attached hydrogens (tertiary/aromatic N) is 2. The number of aromatic nitrogens is 1. The van der Waals surface area contributed by atoms with Gasteiger partial charge in [-0.3, -0.25) is 29.0 Å². The summed E-state index contributed by atoms with van der Waals surface area (Å²) in [7, 11) is 0. The lowest BCUT2D eigenvalue weighted by atomic mass is 10.0. The average Bonchev–Trinajstić information content (AvgIpc) is 3.38. The molecule has 238 valence electrons. The summed E-state index contributed by atoms with van der Waals surface area (Å²) in [5.41, 5.74) is 17.9. The number of rotatable bonds is 18. The third-order valence-electron chi connectivity index (χ3n) is 6.48. The summed E-state index contributed by atoms with van der Waals surface area (Å²) in [4.78, 5) is 70.1. The molecule has 4 amide bonds. The molecular formula is C28H39N9O7. The van der Waals surface area contributed by atoms with Gasteiger partial charge < -0.3 is 48.0 Å². The van der Waals surface area contributed by atoms with Crippen LogP contribution in [0, 0.1) is 11.3 Å². The molecule has 0 saturated heterocycles. The lowest BCUT2D eigenvalue weighted by Gasteiger charge is -2.25. The van der Waals surface area contributed by atoms with Gasteiger partial charge in [0.25, 0.3) is 0 Å². The second-order valence-corrected chi connectivity index (χ2v) is 9.82. The molecule has 0 radical (unpaired) electrons. The summed E-state index contributed by atoms with van der Waals surface area (Å²) in [6.07, 6.45) is -0.725. The second kappa shape index (κ2) is 17.7. The van der Waals surface area contributed by atoms with Crippen LogP contribution in [0.1, 0.15) is 44.6 Å². The van der Waals surface area contributed by atoms with Gasteiger partial charge in [0.2, 0.25) is 23.6 Å².